The Hall–Kier alpha value is -2.06. The van der Waals surface area contributed by atoms with E-state index in [0.717, 1.165) is 27.8 Å². The summed E-state index contributed by atoms with van der Waals surface area (Å²) in [5.74, 6) is 1.29. The van der Waals surface area contributed by atoms with E-state index >= 15 is 0 Å². The SMILES string of the molecule is ClCc1ccccc1OCc1ccnc2ccccc12. The second-order valence-electron chi connectivity index (χ2n) is 4.52. The number of ether oxygens (including phenoxy) is 1. The average Bonchev–Trinajstić information content (AvgIpc) is 2.53. The van der Waals surface area contributed by atoms with E-state index in [0.29, 0.717) is 12.5 Å². The van der Waals surface area contributed by atoms with Gasteiger partial charge in [0.1, 0.15) is 12.4 Å². The molecule has 0 amide bonds. The molecule has 1 heterocycles. The van der Waals surface area contributed by atoms with Gasteiger partial charge in [0.15, 0.2) is 0 Å². The highest BCUT2D eigenvalue weighted by Gasteiger charge is 2.05. The predicted octanol–water partition coefficient (Wildman–Crippen LogP) is 4.55. The summed E-state index contributed by atoms with van der Waals surface area (Å²) < 4.78 is 5.91. The van der Waals surface area contributed by atoms with E-state index in [-0.39, 0.29) is 0 Å². The van der Waals surface area contributed by atoms with Crippen molar-refractivity contribution in [3.8, 4) is 5.75 Å². The van der Waals surface area contributed by atoms with Gasteiger partial charge >= 0.3 is 0 Å². The lowest BCUT2D eigenvalue weighted by atomic mass is 10.1. The molecule has 3 rings (SSSR count). The zero-order valence-corrected chi connectivity index (χ0v) is 11.7. The van der Waals surface area contributed by atoms with Crippen LogP contribution >= 0.6 is 11.6 Å². The van der Waals surface area contributed by atoms with Gasteiger partial charge in [-0.3, -0.25) is 4.98 Å². The summed E-state index contributed by atoms with van der Waals surface area (Å²) in [7, 11) is 0. The molecule has 2 aromatic carbocycles. The molecule has 0 saturated heterocycles. The van der Waals surface area contributed by atoms with Gasteiger partial charge in [-0.15, -0.1) is 11.6 Å². The minimum Gasteiger partial charge on any atom is -0.489 e. The Morgan fingerprint density at radius 3 is 2.60 bits per heavy atom. The third-order valence-corrected chi connectivity index (χ3v) is 3.53. The summed E-state index contributed by atoms with van der Waals surface area (Å²) in [6, 6.07) is 17.9. The lowest BCUT2D eigenvalue weighted by Crippen LogP contribution is -1.99. The van der Waals surface area contributed by atoms with Gasteiger partial charge in [-0.2, -0.15) is 0 Å². The Balaban J connectivity index is 1.87. The molecule has 20 heavy (non-hydrogen) atoms. The third kappa shape index (κ3) is 2.61. The van der Waals surface area contributed by atoms with Gasteiger partial charge in [-0.05, 0) is 18.2 Å². The van der Waals surface area contributed by atoms with E-state index in [4.69, 9.17) is 16.3 Å². The molecule has 0 spiro atoms. The maximum atomic E-state index is 5.92. The Kier molecular flexibility index (Phi) is 3.84. The number of pyridine rings is 1. The van der Waals surface area contributed by atoms with Gasteiger partial charge in [0.2, 0.25) is 0 Å². The minimum absolute atomic E-state index is 0.452. The molecular weight excluding hydrogens is 270 g/mol. The van der Waals surface area contributed by atoms with Crippen molar-refractivity contribution in [2.24, 2.45) is 0 Å². The second-order valence-corrected chi connectivity index (χ2v) is 4.78. The van der Waals surface area contributed by atoms with Crippen molar-refractivity contribution in [1.29, 1.82) is 0 Å². The van der Waals surface area contributed by atoms with Crippen molar-refractivity contribution < 1.29 is 4.74 Å². The molecule has 0 N–H and O–H groups in total. The van der Waals surface area contributed by atoms with Crippen LogP contribution in [0.25, 0.3) is 10.9 Å². The van der Waals surface area contributed by atoms with E-state index < -0.39 is 0 Å². The summed E-state index contributed by atoms with van der Waals surface area (Å²) >= 11 is 5.92. The number of halogens is 1. The number of para-hydroxylation sites is 2. The van der Waals surface area contributed by atoms with Gasteiger partial charge in [0.25, 0.3) is 0 Å². The highest BCUT2D eigenvalue weighted by atomic mass is 35.5. The van der Waals surface area contributed by atoms with E-state index in [2.05, 4.69) is 11.1 Å². The quantitative estimate of drug-likeness (QED) is 0.655. The fourth-order valence-electron chi connectivity index (χ4n) is 2.19. The van der Waals surface area contributed by atoms with Crippen molar-refractivity contribution in [1.82, 2.24) is 4.98 Å². The van der Waals surface area contributed by atoms with E-state index in [1.54, 1.807) is 0 Å². The Bertz CT molecular complexity index is 722. The average molecular weight is 284 g/mol. The molecule has 2 nitrogen and oxygen atoms in total. The minimum atomic E-state index is 0.452. The number of hydrogen-bond acceptors (Lipinski definition) is 2. The number of alkyl halides is 1. The van der Waals surface area contributed by atoms with Crippen LogP contribution in [0.3, 0.4) is 0 Å². The van der Waals surface area contributed by atoms with Gasteiger partial charge in [0.05, 0.1) is 11.4 Å². The Morgan fingerprint density at radius 2 is 1.70 bits per heavy atom. The van der Waals surface area contributed by atoms with Crippen molar-refractivity contribution >= 4 is 22.5 Å². The van der Waals surface area contributed by atoms with Crippen LogP contribution in [0.5, 0.6) is 5.75 Å². The highest BCUT2D eigenvalue weighted by molar-refractivity contribution is 6.17. The normalized spacial score (nSPS) is 10.7. The maximum Gasteiger partial charge on any atom is 0.124 e. The van der Waals surface area contributed by atoms with E-state index in [1.807, 2.05) is 54.7 Å². The molecule has 0 bridgehead atoms. The van der Waals surface area contributed by atoms with Crippen LogP contribution in [0, 0.1) is 0 Å². The van der Waals surface area contributed by atoms with Gasteiger partial charge in [-0.25, -0.2) is 0 Å². The number of rotatable bonds is 4. The zero-order chi connectivity index (χ0) is 13.8. The first-order valence-electron chi connectivity index (χ1n) is 6.48. The summed E-state index contributed by atoms with van der Waals surface area (Å²) in [4.78, 5) is 4.35. The predicted molar refractivity (Wildman–Crippen MR) is 82.1 cm³/mol. The topological polar surface area (TPSA) is 22.1 Å². The lowest BCUT2D eigenvalue weighted by Gasteiger charge is -2.11. The number of hydrogen-bond donors (Lipinski definition) is 0. The lowest BCUT2D eigenvalue weighted by molar-refractivity contribution is 0.305. The standard InChI is InChI=1S/C17H14ClNO/c18-11-13-5-1-4-8-17(13)20-12-14-9-10-19-16-7-3-2-6-15(14)16/h1-10H,11-12H2. The summed E-state index contributed by atoms with van der Waals surface area (Å²) in [6.07, 6.45) is 1.81. The zero-order valence-electron chi connectivity index (χ0n) is 10.9. The van der Waals surface area contributed by atoms with Gasteiger partial charge in [0, 0.05) is 22.7 Å². The molecule has 100 valence electrons. The molecular formula is C17H14ClNO. The van der Waals surface area contributed by atoms with Crippen LogP contribution in [0.4, 0.5) is 0 Å². The fourth-order valence-corrected chi connectivity index (χ4v) is 2.41. The smallest absolute Gasteiger partial charge is 0.124 e. The molecule has 0 radical (unpaired) electrons. The summed E-state index contributed by atoms with van der Waals surface area (Å²) in [6.45, 7) is 0.511. The van der Waals surface area contributed by atoms with Gasteiger partial charge < -0.3 is 4.74 Å². The largest absolute Gasteiger partial charge is 0.489 e. The molecule has 3 aromatic rings. The molecule has 0 atom stereocenters. The molecule has 1 aromatic heterocycles. The number of aromatic nitrogens is 1. The van der Waals surface area contributed by atoms with Crippen LogP contribution in [0.1, 0.15) is 11.1 Å². The molecule has 0 saturated carbocycles. The number of nitrogens with zero attached hydrogens (tertiary/aromatic N) is 1. The van der Waals surface area contributed by atoms with Crippen LogP contribution < -0.4 is 4.74 Å². The summed E-state index contributed by atoms with van der Waals surface area (Å²) in [5.41, 5.74) is 3.12. The number of fused-ring (bicyclic) bond motifs is 1. The molecule has 0 aliphatic carbocycles. The van der Waals surface area contributed by atoms with Crippen LogP contribution in [0.15, 0.2) is 60.8 Å². The molecule has 0 fully saturated rings. The molecule has 0 aliphatic rings. The van der Waals surface area contributed by atoms with Crippen molar-refractivity contribution in [2.75, 3.05) is 0 Å². The fraction of sp³-hybridized carbons (Fsp3) is 0.118. The molecule has 3 heteroatoms. The van der Waals surface area contributed by atoms with Gasteiger partial charge in [-0.1, -0.05) is 36.4 Å². The monoisotopic (exact) mass is 283 g/mol. The molecule has 0 aliphatic heterocycles. The first kappa shape index (κ1) is 12.9. The Labute approximate surface area is 123 Å². The maximum absolute atomic E-state index is 5.92. The highest BCUT2D eigenvalue weighted by Crippen LogP contribution is 2.23. The van der Waals surface area contributed by atoms with Crippen molar-refractivity contribution in [3.63, 3.8) is 0 Å². The second kappa shape index (κ2) is 5.93. The first-order valence-corrected chi connectivity index (χ1v) is 7.01. The third-order valence-electron chi connectivity index (χ3n) is 3.24. The van der Waals surface area contributed by atoms with Crippen LogP contribution in [0.2, 0.25) is 0 Å². The van der Waals surface area contributed by atoms with E-state index in [1.165, 1.54) is 0 Å². The number of benzene rings is 2. The van der Waals surface area contributed by atoms with E-state index in [9.17, 15) is 0 Å². The molecule has 0 unspecified atom stereocenters. The van der Waals surface area contributed by atoms with Crippen molar-refractivity contribution in [3.05, 3.63) is 71.9 Å². The van der Waals surface area contributed by atoms with Crippen LogP contribution in [-0.2, 0) is 12.5 Å². The Morgan fingerprint density at radius 1 is 0.900 bits per heavy atom. The van der Waals surface area contributed by atoms with Crippen LogP contribution in [-0.4, -0.2) is 4.98 Å². The first-order chi connectivity index (χ1) is 9.88. The van der Waals surface area contributed by atoms with Crippen molar-refractivity contribution in [2.45, 2.75) is 12.5 Å². The summed E-state index contributed by atoms with van der Waals surface area (Å²) in [5, 5.41) is 1.12.